The number of nitrogens with zero attached hydrogens (tertiary/aromatic N) is 6. The van der Waals surface area contributed by atoms with Crippen LogP contribution in [0.15, 0.2) is 49.1 Å². The first-order valence-corrected chi connectivity index (χ1v) is 8.92. The maximum atomic E-state index is 4.60. The number of hydrogen-bond donors (Lipinski definition) is 0. The lowest BCUT2D eigenvalue weighted by molar-refractivity contribution is 0.522. The van der Waals surface area contributed by atoms with Crippen LogP contribution in [-0.4, -0.2) is 29.5 Å². The van der Waals surface area contributed by atoms with Crippen molar-refractivity contribution in [2.75, 3.05) is 0 Å². The van der Waals surface area contributed by atoms with Gasteiger partial charge in [-0.05, 0) is 19.4 Å². The van der Waals surface area contributed by atoms with Crippen LogP contribution in [0, 0.1) is 13.8 Å². The van der Waals surface area contributed by atoms with Crippen LogP contribution in [0.3, 0.4) is 0 Å². The Kier molecular flexibility index (Phi) is 4.15. The highest BCUT2D eigenvalue weighted by atomic mass is 32.1. The van der Waals surface area contributed by atoms with E-state index in [1.165, 1.54) is 11.1 Å². The quantitative estimate of drug-likeness (QED) is 0.552. The van der Waals surface area contributed by atoms with Crippen molar-refractivity contribution in [1.82, 2.24) is 29.5 Å². The van der Waals surface area contributed by atoms with E-state index in [1.807, 2.05) is 48.5 Å². The number of rotatable bonds is 5. The second kappa shape index (κ2) is 6.60. The van der Waals surface area contributed by atoms with Crippen LogP contribution >= 0.6 is 11.3 Å². The first kappa shape index (κ1) is 15.7. The molecule has 0 fully saturated rings. The predicted octanol–water partition coefficient (Wildman–Crippen LogP) is 3.58. The molecule has 0 atom stereocenters. The SMILES string of the molecule is Cc1cn(CCn2ccnc2-c2cnc(-c3ccccc3C)s2)nn1. The van der Waals surface area contributed by atoms with E-state index in [0.29, 0.717) is 0 Å². The topological polar surface area (TPSA) is 61.4 Å². The van der Waals surface area contributed by atoms with E-state index >= 15 is 0 Å². The van der Waals surface area contributed by atoms with Crippen molar-refractivity contribution in [3.63, 3.8) is 0 Å². The van der Waals surface area contributed by atoms with E-state index < -0.39 is 0 Å². The Balaban J connectivity index is 1.57. The molecule has 0 amide bonds. The highest BCUT2D eigenvalue weighted by molar-refractivity contribution is 7.18. The molecule has 4 aromatic rings. The molecule has 0 saturated heterocycles. The fourth-order valence-corrected chi connectivity index (χ4v) is 3.76. The van der Waals surface area contributed by atoms with Crippen LogP contribution in [0.1, 0.15) is 11.3 Å². The Morgan fingerprint density at radius 1 is 1.08 bits per heavy atom. The van der Waals surface area contributed by atoms with Crippen LogP contribution < -0.4 is 0 Å². The molecule has 3 heterocycles. The molecule has 0 bridgehead atoms. The molecular weight excluding hydrogens is 332 g/mol. The largest absolute Gasteiger partial charge is 0.328 e. The van der Waals surface area contributed by atoms with Gasteiger partial charge in [-0.2, -0.15) is 0 Å². The van der Waals surface area contributed by atoms with E-state index in [2.05, 4.69) is 43.9 Å². The van der Waals surface area contributed by atoms with Crippen molar-refractivity contribution >= 4 is 11.3 Å². The molecule has 0 unspecified atom stereocenters. The number of thiazole rings is 1. The summed E-state index contributed by atoms with van der Waals surface area (Å²) in [6, 6.07) is 8.31. The monoisotopic (exact) mass is 350 g/mol. The lowest BCUT2D eigenvalue weighted by Gasteiger charge is -2.06. The molecule has 126 valence electrons. The lowest BCUT2D eigenvalue weighted by atomic mass is 10.1. The van der Waals surface area contributed by atoms with Crippen molar-refractivity contribution in [1.29, 1.82) is 0 Å². The highest BCUT2D eigenvalue weighted by Gasteiger charge is 2.12. The summed E-state index contributed by atoms with van der Waals surface area (Å²) in [5.74, 6) is 0.939. The molecule has 0 aliphatic rings. The second-order valence-electron chi connectivity index (χ2n) is 5.91. The Morgan fingerprint density at radius 2 is 1.96 bits per heavy atom. The van der Waals surface area contributed by atoms with Crippen LogP contribution in [0.4, 0.5) is 0 Å². The number of hydrogen-bond acceptors (Lipinski definition) is 5. The number of aromatic nitrogens is 6. The van der Waals surface area contributed by atoms with Crippen LogP contribution in [0.5, 0.6) is 0 Å². The summed E-state index contributed by atoms with van der Waals surface area (Å²) >= 11 is 1.67. The minimum absolute atomic E-state index is 0.758. The fourth-order valence-electron chi connectivity index (χ4n) is 2.74. The molecule has 4 rings (SSSR count). The summed E-state index contributed by atoms with van der Waals surface area (Å²) in [5, 5.41) is 9.14. The Labute approximate surface area is 149 Å². The minimum Gasteiger partial charge on any atom is -0.328 e. The maximum Gasteiger partial charge on any atom is 0.151 e. The summed E-state index contributed by atoms with van der Waals surface area (Å²) in [4.78, 5) is 10.2. The molecule has 7 heteroatoms. The van der Waals surface area contributed by atoms with Crippen molar-refractivity contribution in [2.45, 2.75) is 26.9 Å². The summed E-state index contributed by atoms with van der Waals surface area (Å²) < 4.78 is 3.98. The highest BCUT2D eigenvalue weighted by Crippen LogP contribution is 2.32. The zero-order valence-corrected chi connectivity index (χ0v) is 14.9. The van der Waals surface area contributed by atoms with Gasteiger partial charge < -0.3 is 4.57 Å². The smallest absolute Gasteiger partial charge is 0.151 e. The predicted molar refractivity (Wildman–Crippen MR) is 98.3 cm³/mol. The van der Waals surface area contributed by atoms with Gasteiger partial charge in [0.05, 0.1) is 17.1 Å². The molecule has 0 N–H and O–H groups in total. The first-order chi connectivity index (χ1) is 12.2. The molecule has 6 nitrogen and oxygen atoms in total. The summed E-state index contributed by atoms with van der Waals surface area (Å²) in [7, 11) is 0. The molecule has 0 aliphatic carbocycles. The van der Waals surface area contributed by atoms with Gasteiger partial charge >= 0.3 is 0 Å². The summed E-state index contributed by atoms with van der Waals surface area (Å²) in [6.07, 6.45) is 7.67. The summed E-state index contributed by atoms with van der Waals surface area (Å²) in [6.45, 7) is 5.59. The van der Waals surface area contributed by atoms with Crippen molar-refractivity contribution in [3.8, 4) is 21.3 Å². The fraction of sp³-hybridized carbons (Fsp3) is 0.222. The third kappa shape index (κ3) is 3.23. The normalized spacial score (nSPS) is 11.1. The first-order valence-electron chi connectivity index (χ1n) is 8.11. The molecule has 1 aromatic carbocycles. The minimum atomic E-state index is 0.758. The maximum absolute atomic E-state index is 4.60. The Morgan fingerprint density at radius 3 is 2.76 bits per heavy atom. The average molecular weight is 350 g/mol. The van der Waals surface area contributed by atoms with Crippen LogP contribution in [0.2, 0.25) is 0 Å². The number of aryl methyl sites for hydroxylation is 4. The number of benzene rings is 1. The van der Waals surface area contributed by atoms with Gasteiger partial charge in [0.1, 0.15) is 5.01 Å². The molecule has 25 heavy (non-hydrogen) atoms. The van der Waals surface area contributed by atoms with E-state index in [0.717, 1.165) is 34.5 Å². The van der Waals surface area contributed by atoms with Crippen molar-refractivity contribution in [3.05, 3.63) is 60.3 Å². The lowest BCUT2D eigenvalue weighted by Crippen LogP contribution is -2.08. The molecular formula is C18H18N6S. The van der Waals surface area contributed by atoms with E-state index in [-0.39, 0.29) is 0 Å². The zero-order valence-electron chi connectivity index (χ0n) is 14.1. The standard InChI is InChI=1S/C18H18N6S/c1-13-5-3-4-6-15(13)18-20-11-16(25-18)17-19-7-8-23(17)9-10-24-12-14(2)21-22-24/h3-8,11-12H,9-10H2,1-2H3. The van der Waals surface area contributed by atoms with E-state index in [9.17, 15) is 0 Å². The van der Waals surface area contributed by atoms with E-state index in [4.69, 9.17) is 0 Å². The van der Waals surface area contributed by atoms with Gasteiger partial charge in [-0.25, -0.2) is 9.97 Å². The summed E-state index contributed by atoms with van der Waals surface area (Å²) in [5.41, 5.74) is 3.33. The van der Waals surface area contributed by atoms with Crippen LogP contribution in [0.25, 0.3) is 21.3 Å². The van der Waals surface area contributed by atoms with Gasteiger partial charge in [-0.15, -0.1) is 16.4 Å². The number of imidazole rings is 1. The third-order valence-corrected chi connectivity index (χ3v) is 5.07. The molecule has 0 aliphatic heterocycles. The third-order valence-electron chi connectivity index (χ3n) is 4.04. The van der Waals surface area contributed by atoms with Gasteiger partial charge in [-0.3, -0.25) is 4.68 Å². The van der Waals surface area contributed by atoms with Gasteiger partial charge in [0.15, 0.2) is 5.82 Å². The van der Waals surface area contributed by atoms with Gasteiger partial charge in [-0.1, -0.05) is 29.5 Å². The van der Waals surface area contributed by atoms with Crippen LogP contribution in [-0.2, 0) is 13.1 Å². The zero-order chi connectivity index (χ0) is 17.2. The average Bonchev–Trinajstić information content (AvgIpc) is 3.33. The van der Waals surface area contributed by atoms with E-state index in [1.54, 1.807) is 11.3 Å². The molecule has 0 spiro atoms. The van der Waals surface area contributed by atoms with Crippen molar-refractivity contribution < 1.29 is 0 Å². The second-order valence-corrected chi connectivity index (χ2v) is 6.94. The molecule has 3 aromatic heterocycles. The van der Waals surface area contributed by atoms with Gasteiger partial charge in [0, 0.05) is 36.9 Å². The Hall–Kier alpha value is -2.80. The van der Waals surface area contributed by atoms with Gasteiger partial charge in [0.25, 0.3) is 0 Å². The van der Waals surface area contributed by atoms with Gasteiger partial charge in [0.2, 0.25) is 0 Å². The molecule has 0 saturated carbocycles. The van der Waals surface area contributed by atoms with Crippen molar-refractivity contribution in [2.24, 2.45) is 0 Å². The Bertz CT molecular complexity index is 996. The molecule has 0 radical (unpaired) electrons.